The number of ether oxygens (including phenoxy) is 1. The second-order valence-corrected chi connectivity index (χ2v) is 10.0. The van der Waals surface area contributed by atoms with Crippen LogP contribution in [0, 0.1) is 0 Å². The summed E-state index contributed by atoms with van der Waals surface area (Å²) in [4.78, 5) is 22.7. The first-order chi connectivity index (χ1) is 14.4. The molecule has 1 saturated heterocycles. The number of hydrogen-bond acceptors (Lipinski definition) is 7. The molecule has 1 fully saturated rings. The van der Waals surface area contributed by atoms with E-state index in [9.17, 15) is 4.79 Å². The van der Waals surface area contributed by atoms with Gasteiger partial charge in [-0.2, -0.15) is 0 Å². The van der Waals surface area contributed by atoms with Gasteiger partial charge in [-0.3, -0.25) is 4.79 Å². The number of nitrogens with zero attached hydrogens (tertiary/aromatic N) is 3. The van der Waals surface area contributed by atoms with Gasteiger partial charge in [0.05, 0.1) is 17.9 Å². The van der Waals surface area contributed by atoms with Crippen LogP contribution < -0.4 is 25.2 Å². The predicted octanol–water partition coefficient (Wildman–Crippen LogP) is 2.93. The number of rotatable bonds is 3. The van der Waals surface area contributed by atoms with E-state index in [0.717, 1.165) is 66.0 Å². The number of fused-ring (bicyclic) bond motifs is 2. The van der Waals surface area contributed by atoms with Crippen molar-refractivity contribution in [2.75, 3.05) is 43.1 Å². The largest absolute Gasteiger partial charge is 0.489 e. The molecule has 1 aromatic heterocycles. The van der Waals surface area contributed by atoms with Crippen molar-refractivity contribution >= 4 is 33.8 Å². The molecule has 2 N–H and O–H groups in total. The van der Waals surface area contributed by atoms with Gasteiger partial charge >= 0.3 is 0 Å². The molecule has 7 nitrogen and oxygen atoms in total. The molecule has 3 aliphatic heterocycles. The number of carbonyl (C=O) groups excluding carboxylic acids is 1. The standard InChI is InChI=1S/C22H29N5O2S/c1-22(2)13-16-19(20(28)25-22)30-21(24-16)27-10-11-29-18-12-15(4-5-17(18)27)26(3)14-6-8-23-9-7-14/h4-5,12,14,23H,6-11,13H2,1-3H3,(H,25,28). The van der Waals surface area contributed by atoms with Crippen LogP contribution in [0.1, 0.15) is 42.1 Å². The van der Waals surface area contributed by atoms with Crippen molar-refractivity contribution in [1.29, 1.82) is 0 Å². The number of carbonyl (C=O) groups is 1. The summed E-state index contributed by atoms with van der Waals surface area (Å²) in [7, 11) is 2.17. The maximum absolute atomic E-state index is 12.5. The average molecular weight is 428 g/mol. The Balaban J connectivity index is 1.43. The van der Waals surface area contributed by atoms with Gasteiger partial charge in [-0.25, -0.2) is 4.98 Å². The predicted molar refractivity (Wildman–Crippen MR) is 121 cm³/mol. The number of nitrogens with one attached hydrogen (secondary N) is 2. The molecule has 30 heavy (non-hydrogen) atoms. The van der Waals surface area contributed by atoms with Crippen LogP contribution in [0.3, 0.4) is 0 Å². The number of thiazole rings is 1. The lowest BCUT2D eigenvalue weighted by molar-refractivity contribution is 0.0901. The quantitative estimate of drug-likeness (QED) is 0.785. The number of piperidine rings is 1. The third-order valence-electron chi connectivity index (χ3n) is 6.25. The van der Waals surface area contributed by atoms with Crippen molar-refractivity contribution in [1.82, 2.24) is 15.6 Å². The summed E-state index contributed by atoms with van der Waals surface area (Å²) in [5, 5.41) is 7.38. The Hall–Kier alpha value is -2.32. The highest BCUT2D eigenvalue weighted by Gasteiger charge is 2.35. The smallest absolute Gasteiger partial charge is 0.263 e. The summed E-state index contributed by atoms with van der Waals surface area (Å²) in [5.74, 6) is 0.870. The van der Waals surface area contributed by atoms with Crippen LogP contribution in [-0.4, -0.2) is 55.8 Å². The second-order valence-electron chi connectivity index (χ2n) is 9.03. The molecule has 8 heteroatoms. The van der Waals surface area contributed by atoms with Crippen LogP contribution in [0.2, 0.25) is 0 Å². The van der Waals surface area contributed by atoms with Crippen LogP contribution >= 0.6 is 11.3 Å². The Morgan fingerprint density at radius 1 is 1.30 bits per heavy atom. The van der Waals surface area contributed by atoms with Gasteiger partial charge in [-0.05, 0) is 51.9 Å². The topological polar surface area (TPSA) is 69.7 Å². The van der Waals surface area contributed by atoms with Gasteiger partial charge < -0.3 is 25.2 Å². The van der Waals surface area contributed by atoms with Gasteiger partial charge in [0.2, 0.25) is 0 Å². The normalized spacial score (nSPS) is 20.8. The molecule has 0 atom stereocenters. The molecule has 0 bridgehead atoms. The van der Waals surface area contributed by atoms with E-state index in [4.69, 9.17) is 9.72 Å². The van der Waals surface area contributed by atoms with Crippen molar-refractivity contribution in [3.8, 4) is 5.75 Å². The highest BCUT2D eigenvalue weighted by atomic mass is 32.1. The van der Waals surface area contributed by atoms with E-state index in [0.29, 0.717) is 12.6 Å². The number of anilines is 3. The molecule has 1 amide bonds. The zero-order valence-corrected chi connectivity index (χ0v) is 18.6. The minimum atomic E-state index is -0.257. The van der Waals surface area contributed by atoms with Crippen LogP contribution in [-0.2, 0) is 6.42 Å². The minimum Gasteiger partial charge on any atom is -0.489 e. The Morgan fingerprint density at radius 2 is 2.10 bits per heavy atom. The molecular formula is C22H29N5O2S. The van der Waals surface area contributed by atoms with E-state index in [1.165, 1.54) is 17.0 Å². The fraction of sp³-hybridized carbons (Fsp3) is 0.545. The van der Waals surface area contributed by atoms with E-state index >= 15 is 0 Å². The van der Waals surface area contributed by atoms with E-state index in [1.54, 1.807) is 0 Å². The van der Waals surface area contributed by atoms with Gasteiger partial charge in [-0.15, -0.1) is 0 Å². The zero-order valence-electron chi connectivity index (χ0n) is 17.8. The number of aromatic nitrogens is 1. The van der Waals surface area contributed by atoms with Crippen LogP contribution in [0.25, 0.3) is 0 Å². The maximum atomic E-state index is 12.5. The molecular weight excluding hydrogens is 398 g/mol. The summed E-state index contributed by atoms with van der Waals surface area (Å²) in [5.41, 5.74) is 2.85. The van der Waals surface area contributed by atoms with E-state index in [2.05, 4.69) is 45.7 Å². The summed E-state index contributed by atoms with van der Waals surface area (Å²) in [6.07, 6.45) is 3.06. The van der Waals surface area contributed by atoms with Crippen LogP contribution in [0.5, 0.6) is 5.75 Å². The molecule has 0 unspecified atom stereocenters. The first kappa shape index (κ1) is 19.6. The van der Waals surface area contributed by atoms with Gasteiger partial charge in [0.1, 0.15) is 17.2 Å². The monoisotopic (exact) mass is 427 g/mol. The summed E-state index contributed by atoms with van der Waals surface area (Å²) < 4.78 is 6.03. The Labute approximate surface area is 181 Å². The molecule has 1 aromatic carbocycles. The van der Waals surface area contributed by atoms with Crippen molar-refractivity contribution in [2.45, 2.75) is 44.7 Å². The van der Waals surface area contributed by atoms with Gasteiger partial charge in [0.25, 0.3) is 5.91 Å². The van der Waals surface area contributed by atoms with Crippen molar-refractivity contribution in [3.05, 3.63) is 28.8 Å². The lowest BCUT2D eigenvalue weighted by Gasteiger charge is -2.35. The van der Waals surface area contributed by atoms with E-state index < -0.39 is 0 Å². The first-order valence-corrected chi connectivity index (χ1v) is 11.5. The summed E-state index contributed by atoms with van der Waals surface area (Å²) >= 11 is 1.48. The molecule has 160 valence electrons. The van der Waals surface area contributed by atoms with Crippen LogP contribution in [0.15, 0.2) is 18.2 Å². The summed E-state index contributed by atoms with van der Waals surface area (Å²) in [6.45, 7) is 7.56. The number of hydrogen-bond donors (Lipinski definition) is 2. The van der Waals surface area contributed by atoms with Gasteiger partial charge in [0, 0.05) is 36.8 Å². The average Bonchev–Trinajstić information content (AvgIpc) is 3.16. The van der Waals surface area contributed by atoms with Crippen molar-refractivity contribution in [2.24, 2.45) is 0 Å². The van der Waals surface area contributed by atoms with Crippen molar-refractivity contribution < 1.29 is 9.53 Å². The molecule has 2 aromatic rings. The SMILES string of the molecule is CN(c1ccc2c(c1)OCCN2c1nc2c(s1)C(=O)NC(C)(C)C2)C1CCNCC1. The first-order valence-electron chi connectivity index (χ1n) is 10.7. The highest BCUT2D eigenvalue weighted by Crippen LogP contribution is 2.42. The number of amides is 1. The lowest BCUT2D eigenvalue weighted by Crippen LogP contribution is -2.48. The zero-order chi connectivity index (χ0) is 20.9. The molecule has 3 aliphatic rings. The second kappa shape index (κ2) is 7.42. The Kier molecular flexibility index (Phi) is 4.86. The molecule has 0 radical (unpaired) electrons. The van der Waals surface area contributed by atoms with Crippen molar-refractivity contribution in [3.63, 3.8) is 0 Å². The van der Waals surface area contributed by atoms with E-state index in [1.807, 2.05) is 13.8 Å². The third-order valence-corrected chi connectivity index (χ3v) is 7.37. The van der Waals surface area contributed by atoms with Crippen LogP contribution in [0.4, 0.5) is 16.5 Å². The van der Waals surface area contributed by atoms with Gasteiger partial charge in [-0.1, -0.05) is 11.3 Å². The van der Waals surface area contributed by atoms with E-state index in [-0.39, 0.29) is 11.4 Å². The maximum Gasteiger partial charge on any atom is 0.263 e. The lowest BCUT2D eigenvalue weighted by atomic mass is 9.94. The third kappa shape index (κ3) is 3.52. The fourth-order valence-electron chi connectivity index (χ4n) is 4.61. The fourth-order valence-corrected chi connectivity index (χ4v) is 5.63. The summed E-state index contributed by atoms with van der Waals surface area (Å²) in [6, 6.07) is 7.00. The van der Waals surface area contributed by atoms with Gasteiger partial charge in [0.15, 0.2) is 5.13 Å². The molecule has 0 aliphatic carbocycles. The molecule has 5 rings (SSSR count). The highest BCUT2D eigenvalue weighted by molar-refractivity contribution is 7.17. The Bertz CT molecular complexity index is 966. The molecule has 0 spiro atoms. The molecule has 0 saturated carbocycles. The number of benzene rings is 1. The minimum absolute atomic E-state index is 0.0163. The molecule has 4 heterocycles. The Morgan fingerprint density at radius 3 is 2.90 bits per heavy atom.